The molecular weight excluding hydrogens is 464 g/mol. The second-order valence-corrected chi connectivity index (χ2v) is 9.76. The lowest BCUT2D eigenvalue weighted by atomic mass is 10.2. The second-order valence-electron chi connectivity index (χ2n) is 5.73. The lowest BCUT2D eigenvalue weighted by Gasteiger charge is -2.12. The van der Waals surface area contributed by atoms with Crippen LogP contribution in [-0.2, 0) is 10.0 Å². The Bertz CT molecular complexity index is 1120. The zero-order valence-electron chi connectivity index (χ0n) is 13.4. The summed E-state index contributed by atoms with van der Waals surface area (Å²) in [4.78, 5) is 12.8. The number of thiophene rings is 1. The quantitative estimate of drug-likeness (QED) is 0.559. The topological polar surface area (TPSA) is 94.1 Å². The zero-order chi connectivity index (χ0) is 18.5. The molecule has 0 unspecified atom stereocenters. The highest BCUT2D eigenvalue weighted by Gasteiger charge is 2.36. The summed E-state index contributed by atoms with van der Waals surface area (Å²) in [6.45, 7) is 0. The minimum Gasteiger partial charge on any atom is -0.480 e. The van der Waals surface area contributed by atoms with Gasteiger partial charge in [0, 0.05) is 17.1 Å². The molecule has 4 rings (SSSR count). The number of fused-ring (bicyclic) bond motifs is 1. The molecule has 0 spiro atoms. The van der Waals surface area contributed by atoms with Crippen molar-refractivity contribution in [3.63, 3.8) is 0 Å². The molecule has 3 aromatic rings. The monoisotopic (exact) mass is 474 g/mol. The summed E-state index contributed by atoms with van der Waals surface area (Å²) in [5.41, 5.74) is 2.16. The lowest BCUT2D eigenvalue weighted by molar-refractivity contribution is 0.400. The summed E-state index contributed by atoms with van der Waals surface area (Å²) in [5, 5.41) is 1.64. The van der Waals surface area contributed by atoms with E-state index < -0.39 is 10.0 Å². The SMILES string of the molecule is COc1ncc(-c2nc(Cl)nc3c(Br)csc23)cc1NS(=O)(=O)C1CC1. The normalized spacial score (nSPS) is 14.6. The molecule has 136 valence electrons. The van der Waals surface area contributed by atoms with E-state index in [0.29, 0.717) is 29.6 Å². The summed E-state index contributed by atoms with van der Waals surface area (Å²) in [6, 6.07) is 1.65. The Labute approximate surface area is 167 Å². The molecule has 0 atom stereocenters. The summed E-state index contributed by atoms with van der Waals surface area (Å²) in [7, 11) is -2.01. The number of anilines is 1. The van der Waals surface area contributed by atoms with Crippen molar-refractivity contribution in [3.05, 3.63) is 27.4 Å². The maximum Gasteiger partial charge on any atom is 0.238 e. The van der Waals surface area contributed by atoms with E-state index in [-0.39, 0.29) is 22.1 Å². The van der Waals surface area contributed by atoms with Crippen LogP contribution in [0.2, 0.25) is 5.28 Å². The van der Waals surface area contributed by atoms with Crippen molar-refractivity contribution >= 4 is 64.8 Å². The molecule has 26 heavy (non-hydrogen) atoms. The molecule has 1 N–H and O–H groups in total. The van der Waals surface area contributed by atoms with Gasteiger partial charge in [-0.3, -0.25) is 4.72 Å². The number of rotatable bonds is 5. The van der Waals surface area contributed by atoms with E-state index in [4.69, 9.17) is 16.3 Å². The first-order valence-corrected chi connectivity index (χ1v) is 11.1. The van der Waals surface area contributed by atoms with Gasteiger partial charge in [-0.05, 0) is 46.4 Å². The van der Waals surface area contributed by atoms with Gasteiger partial charge in [0.1, 0.15) is 11.2 Å². The molecule has 1 aliphatic carbocycles. The van der Waals surface area contributed by atoms with Crippen LogP contribution in [0.3, 0.4) is 0 Å². The van der Waals surface area contributed by atoms with Gasteiger partial charge in [0.25, 0.3) is 0 Å². The molecule has 3 aromatic heterocycles. The predicted octanol–water partition coefficient (Wildman–Crippen LogP) is 4.08. The average Bonchev–Trinajstić information content (AvgIpc) is 3.40. The van der Waals surface area contributed by atoms with Gasteiger partial charge in [-0.25, -0.2) is 23.4 Å². The van der Waals surface area contributed by atoms with Crippen molar-refractivity contribution in [2.24, 2.45) is 0 Å². The van der Waals surface area contributed by atoms with Crippen molar-refractivity contribution in [1.29, 1.82) is 0 Å². The van der Waals surface area contributed by atoms with Crippen LogP contribution in [0.1, 0.15) is 12.8 Å². The third kappa shape index (κ3) is 3.26. The first-order chi connectivity index (χ1) is 12.4. The zero-order valence-corrected chi connectivity index (χ0v) is 17.3. The van der Waals surface area contributed by atoms with Gasteiger partial charge in [0.2, 0.25) is 21.2 Å². The van der Waals surface area contributed by atoms with E-state index in [1.165, 1.54) is 18.4 Å². The largest absolute Gasteiger partial charge is 0.480 e. The summed E-state index contributed by atoms with van der Waals surface area (Å²) < 4.78 is 34.0. The first-order valence-electron chi connectivity index (χ1n) is 7.55. The number of pyridine rings is 1. The number of aromatic nitrogens is 3. The minimum atomic E-state index is -3.45. The number of sulfonamides is 1. The van der Waals surface area contributed by atoms with Crippen molar-refractivity contribution in [1.82, 2.24) is 15.0 Å². The van der Waals surface area contributed by atoms with Gasteiger partial charge in [0.05, 0.1) is 27.2 Å². The van der Waals surface area contributed by atoms with Crippen molar-refractivity contribution in [2.75, 3.05) is 11.8 Å². The van der Waals surface area contributed by atoms with Gasteiger partial charge in [-0.15, -0.1) is 11.3 Å². The molecule has 1 fully saturated rings. The van der Waals surface area contributed by atoms with Crippen LogP contribution in [0, 0.1) is 0 Å². The first kappa shape index (κ1) is 17.9. The molecule has 0 saturated heterocycles. The fourth-order valence-corrected chi connectivity index (χ4v) is 5.61. The van der Waals surface area contributed by atoms with Gasteiger partial charge in [-0.1, -0.05) is 0 Å². The predicted molar refractivity (Wildman–Crippen MR) is 105 cm³/mol. The third-order valence-electron chi connectivity index (χ3n) is 3.88. The second kappa shape index (κ2) is 6.59. The molecular formula is C15H12BrClN4O3S2. The smallest absolute Gasteiger partial charge is 0.238 e. The maximum atomic E-state index is 12.3. The van der Waals surface area contributed by atoms with E-state index in [1.807, 2.05) is 5.38 Å². The highest BCUT2D eigenvalue weighted by molar-refractivity contribution is 9.10. The summed E-state index contributed by atoms with van der Waals surface area (Å²) in [6.07, 6.45) is 2.89. The van der Waals surface area contributed by atoms with Crippen LogP contribution in [0.4, 0.5) is 5.69 Å². The van der Waals surface area contributed by atoms with E-state index in [2.05, 4.69) is 35.6 Å². The average molecular weight is 476 g/mol. The molecule has 0 amide bonds. The number of hydrogen-bond donors (Lipinski definition) is 1. The van der Waals surface area contributed by atoms with Gasteiger partial charge in [0.15, 0.2) is 0 Å². The van der Waals surface area contributed by atoms with E-state index in [0.717, 1.165) is 9.17 Å². The molecule has 7 nitrogen and oxygen atoms in total. The van der Waals surface area contributed by atoms with Crippen LogP contribution in [0.15, 0.2) is 22.1 Å². The summed E-state index contributed by atoms with van der Waals surface area (Å²) >= 11 is 11.0. The molecule has 0 aliphatic heterocycles. The number of methoxy groups -OCH3 is 1. The summed E-state index contributed by atoms with van der Waals surface area (Å²) in [5.74, 6) is 0.196. The molecule has 3 heterocycles. The van der Waals surface area contributed by atoms with Crippen molar-refractivity contribution in [2.45, 2.75) is 18.1 Å². The van der Waals surface area contributed by atoms with E-state index >= 15 is 0 Å². The van der Waals surface area contributed by atoms with E-state index in [1.54, 1.807) is 12.3 Å². The molecule has 0 bridgehead atoms. The van der Waals surface area contributed by atoms with Crippen LogP contribution >= 0.6 is 38.9 Å². The molecule has 0 aromatic carbocycles. The van der Waals surface area contributed by atoms with Crippen LogP contribution < -0.4 is 9.46 Å². The van der Waals surface area contributed by atoms with Gasteiger partial charge >= 0.3 is 0 Å². The number of nitrogens with one attached hydrogen (secondary N) is 1. The Balaban J connectivity index is 1.84. The highest BCUT2D eigenvalue weighted by atomic mass is 79.9. The third-order valence-corrected chi connectivity index (χ3v) is 7.78. The standard InChI is InChI=1S/C15H12BrClN4O3S2/c1-24-14-10(21-26(22,23)8-2-3-8)4-7(5-18-14)11-13-12(9(16)6-25-13)20-15(17)19-11/h4-6,8,21H,2-3H2,1H3. The number of nitrogens with zero attached hydrogens (tertiary/aromatic N) is 3. The number of hydrogen-bond acceptors (Lipinski definition) is 7. The fourth-order valence-electron chi connectivity index (χ4n) is 2.49. The molecule has 11 heteroatoms. The van der Waals surface area contributed by atoms with Gasteiger partial charge < -0.3 is 4.74 Å². The van der Waals surface area contributed by atoms with Crippen molar-refractivity contribution in [3.8, 4) is 17.1 Å². The lowest BCUT2D eigenvalue weighted by Crippen LogP contribution is -2.18. The van der Waals surface area contributed by atoms with Crippen LogP contribution in [0.5, 0.6) is 5.88 Å². The Hall–Kier alpha value is -1.49. The van der Waals surface area contributed by atoms with E-state index in [9.17, 15) is 8.42 Å². The Kier molecular flexibility index (Phi) is 4.54. The molecule has 1 aliphatic rings. The van der Waals surface area contributed by atoms with Gasteiger partial charge in [-0.2, -0.15) is 0 Å². The Morgan fingerprint density at radius 2 is 2.15 bits per heavy atom. The highest BCUT2D eigenvalue weighted by Crippen LogP contribution is 2.38. The number of halogens is 2. The fraction of sp³-hybridized carbons (Fsp3) is 0.267. The Morgan fingerprint density at radius 3 is 2.85 bits per heavy atom. The maximum absolute atomic E-state index is 12.3. The minimum absolute atomic E-state index is 0.0996. The molecule has 1 saturated carbocycles. The van der Waals surface area contributed by atoms with Crippen LogP contribution in [0.25, 0.3) is 21.5 Å². The Morgan fingerprint density at radius 1 is 1.38 bits per heavy atom. The van der Waals surface area contributed by atoms with Crippen molar-refractivity contribution < 1.29 is 13.2 Å². The number of ether oxygens (including phenoxy) is 1. The van der Waals surface area contributed by atoms with Crippen LogP contribution in [-0.4, -0.2) is 35.7 Å². The molecule has 0 radical (unpaired) electrons.